The van der Waals surface area contributed by atoms with E-state index < -0.39 is 0 Å². The van der Waals surface area contributed by atoms with Crippen molar-refractivity contribution in [2.75, 3.05) is 65.2 Å². The fourth-order valence-corrected chi connectivity index (χ4v) is 3.58. The Morgan fingerprint density at radius 2 is 1.43 bits per heavy atom. The molecule has 2 heterocycles. The van der Waals surface area contributed by atoms with Crippen molar-refractivity contribution in [1.82, 2.24) is 19.6 Å². The molecule has 0 bridgehead atoms. The van der Waals surface area contributed by atoms with Gasteiger partial charge in [-0.1, -0.05) is 0 Å². The summed E-state index contributed by atoms with van der Waals surface area (Å²) in [5, 5.41) is 0. The Labute approximate surface area is 144 Å². The van der Waals surface area contributed by atoms with Gasteiger partial charge in [-0.3, -0.25) is 19.4 Å². The zero-order chi connectivity index (χ0) is 17.0. The number of rotatable bonds is 4. The van der Waals surface area contributed by atoms with Crippen LogP contribution < -0.4 is 0 Å². The summed E-state index contributed by atoms with van der Waals surface area (Å²) in [5.41, 5.74) is 0. The maximum Gasteiger partial charge on any atom is 0.236 e. The zero-order valence-corrected chi connectivity index (χ0v) is 15.7. The molecule has 6 nitrogen and oxygen atoms in total. The van der Waals surface area contributed by atoms with Gasteiger partial charge in [-0.25, -0.2) is 0 Å². The minimum absolute atomic E-state index is 0.128. The maximum absolute atomic E-state index is 12.5. The first-order valence-electron chi connectivity index (χ1n) is 8.39. The van der Waals surface area contributed by atoms with Gasteiger partial charge in [0, 0.05) is 59.3 Å². The predicted molar refractivity (Wildman–Crippen MR) is 94.4 cm³/mol. The van der Waals surface area contributed by atoms with Crippen LogP contribution in [0.25, 0.3) is 0 Å². The maximum atomic E-state index is 12.5. The Balaban J connectivity index is 1.75. The number of carbonyl (C=O) groups excluding carboxylic acids is 2. The van der Waals surface area contributed by atoms with E-state index in [4.69, 9.17) is 0 Å². The van der Waals surface area contributed by atoms with E-state index in [1.54, 1.807) is 6.92 Å². The minimum Gasteiger partial charge on any atom is -0.340 e. The lowest BCUT2D eigenvalue weighted by atomic mass is 10.2. The average molecular weight is 343 g/mol. The monoisotopic (exact) mass is 342 g/mol. The molecular weight excluding hydrogens is 312 g/mol. The van der Waals surface area contributed by atoms with Crippen molar-refractivity contribution in [2.45, 2.75) is 25.6 Å². The SMILES string of the molecule is CSC(C)(C)N1CCN(C(=O)CN2CCN(C(C)=O)CC2)CC1. The fourth-order valence-electron chi connectivity index (χ4n) is 3.14. The first-order chi connectivity index (χ1) is 10.8. The molecule has 0 aromatic heterocycles. The lowest BCUT2D eigenvalue weighted by Gasteiger charge is -2.43. The third kappa shape index (κ3) is 4.84. The quantitative estimate of drug-likeness (QED) is 0.740. The molecule has 0 aromatic rings. The molecule has 2 rings (SSSR count). The van der Waals surface area contributed by atoms with E-state index in [-0.39, 0.29) is 16.7 Å². The molecule has 0 atom stereocenters. The van der Waals surface area contributed by atoms with Crippen molar-refractivity contribution in [2.24, 2.45) is 0 Å². The van der Waals surface area contributed by atoms with Crippen molar-refractivity contribution in [1.29, 1.82) is 0 Å². The van der Waals surface area contributed by atoms with Crippen molar-refractivity contribution in [3.63, 3.8) is 0 Å². The van der Waals surface area contributed by atoms with Crippen LogP contribution in [0.3, 0.4) is 0 Å². The van der Waals surface area contributed by atoms with E-state index in [9.17, 15) is 9.59 Å². The molecule has 0 radical (unpaired) electrons. The topological polar surface area (TPSA) is 47.1 Å². The number of piperazine rings is 2. The van der Waals surface area contributed by atoms with Crippen molar-refractivity contribution >= 4 is 23.6 Å². The van der Waals surface area contributed by atoms with E-state index in [2.05, 4.69) is 29.9 Å². The summed E-state index contributed by atoms with van der Waals surface area (Å²) in [6.45, 7) is 13.1. The Bertz CT molecular complexity index is 428. The molecule has 2 aliphatic heterocycles. The number of amides is 2. The summed E-state index contributed by atoms with van der Waals surface area (Å²) in [5.74, 6) is 0.353. The molecular formula is C16H30N4O2S. The van der Waals surface area contributed by atoms with Gasteiger partial charge in [-0.2, -0.15) is 0 Å². The van der Waals surface area contributed by atoms with Crippen LogP contribution in [0.1, 0.15) is 20.8 Å². The normalized spacial score (nSPS) is 21.6. The lowest BCUT2D eigenvalue weighted by molar-refractivity contribution is -0.135. The van der Waals surface area contributed by atoms with Crippen LogP contribution in [0, 0.1) is 0 Å². The Kier molecular flexibility index (Phi) is 6.33. The highest BCUT2D eigenvalue weighted by Crippen LogP contribution is 2.27. The van der Waals surface area contributed by atoms with E-state index in [1.807, 2.05) is 21.6 Å². The van der Waals surface area contributed by atoms with Gasteiger partial charge in [0.05, 0.1) is 11.4 Å². The Morgan fingerprint density at radius 3 is 1.91 bits per heavy atom. The first kappa shape index (κ1) is 18.5. The number of hydrogen-bond donors (Lipinski definition) is 0. The molecule has 0 aliphatic carbocycles. The van der Waals surface area contributed by atoms with Crippen LogP contribution in [0.4, 0.5) is 0 Å². The first-order valence-corrected chi connectivity index (χ1v) is 9.62. The standard InChI is InChI=1S/C16H30N4O2S/c1-14(21)18-7-5-17(6-8-18)13-15(22)19-9-11-20(12-10-19)16(2,3)23-4/h5-13H2,1-4H3. The Morgan fingerprint density at radius 1 is 0.913 bits per heavy atom. The fraction of sp³-hybridized carbons (Fsp3) is 0.875. The van der Waals surface area contributed by atoms with Gasteiger partial charge in [0.25, 0.3) is 0 Å². The van der Waals surface area contributed by atoms with Crippen LogP contribution >= 0.6 is 11.8 Å². The molecule has 2 fully saturated rings. The van der Waals surface area contributed by atoms with Gasteiger partial charge in [0.15, 0.2) is 0 Å². The van der Waals surface area contributed by atoms with Crippen LogP contribution in [0.5, 0.6) is 0 Å². The second kappa shape index (κ2) is 7.85. The zero-order valence-electron chi connectivity index (χ0n) is 14.9. The largest absolute Gasteiger partial charge is 0.340 e. The van der Waals surface area contributed by atoms with Crippen LogP contribution in [0.2, 0.25) is 0 Å². The lowest BCUT2D eigenvalue weighted by Crippen LogP contribution is -2.57. The Hall–Kier alpha value is -0.790. The van der Waals surface area contributed by atoms with Gasteiger partial charge in [0.1, 0.15) is 0 Å². The van der Waals surface area contributed by atoms with Crippen LogP contribution in [0.15, 0.2) is 0 Å². The van der Waals surface area contributed by atoms with Gasteiger partial charge in [-0.05, 0) is 20.1 Å². The van der Waals surface area contributed by atoms with Gasteiger partial charge >= 0.3 is 0 Å². The predicted octanol–water partition coefficient (Wildman–Crippen LogP) is 0.394. The van der Waals surface area contributed by atoms with E-state index in [1.165, 1.54) is 0 Å². The van der Waals surface area contributed by atoms with Gasteiger partial charge in [0.2, 0.25) is 11.8 Å². The summed E-state index contributed by atoms with van der Waals surface area (Å²) in [6, 6.07) is 0. The third-order valence-electron chi connectivity index (χ3n) is 5.07. The van der Waals surface area contributed by atoms with Crippen molar-refractivity contribution < 1.29 is 9.59 Å². The molecule has 0 spiro atoms. The summed E-state index contributed by atoms with van der Waals surface area (Å²) in [7, 11) is 0. The molecule has 0 saturated carbocycles. The van der Waals surface area contributed by atoms with Crippen molar-refractivity contribution in [3.8, 4) is 0 Å². The summed E-state index contributed by atoms with van der Waals surface area (Å²) in [4.78, 5) is 32.4. The number of nitrogens with zero attached hydrogens (tertiary/aromatic N) is 4. The van der Waals surface area contributed by atoms with E-state index >= 15 is 0 Å². The summed E-state index contributed by atoms with van der Waals surface area (Å²) in [6.07, 6.45) is 2.14. The third-order valence-corrected chi connectivity index (χ3v) is 6.33. The second-order valence-corrected chi connectivity index (χ2v) is 8.21. The van der Waals surface area contributed by atoms with Gasteiger partial charge < -0.3 is 9.80 Å². The molecule has 23 heavy (non-hydrogen) atoms. The molecule has 0 unspecified atom stereocenters. The van der Waals surface area contributed by atoms with E-state index in [0.29, 0.717) is 6.54 Å². The smallest absolute Gasteiger partial charge is 0.236 e. The van der Waals surface area contributed by atoms with E-state index in [0.717, 1.165) is 52.4 Å². The number of hydrogen-bond acceptors (Lipinski definition) is 5. The molecule has 0 aromatic carbocycles. The highest BCUT2D eigenvalue weighted by atomic mass is 32.2. The van der Waals surface area contributed by atoms with Crippen LogP contribution in [-0.2, 0) is 9.59 Å². The summed E-state index contributed by atoms with van der Waals surface area (Å²) >= 11 is 1.86. The molecule has 7 heteroatoms. The highest BCUT2D eigenvalue weighted by molar-refractivity contribution is 7.99. The van der Waals surface area contributed by atoms with Crippen molar-refractivity contribution in [3.05, 3.63) is 0 Å². The second-order valence-electron chi connectivity index (χ2n) is 6.80. The molecule has 2 saturated heterocycles. The highest BCUT2D eigenvalue weighted by Gasteiger charge is 2.31. The number of carbonyl (C=O) groups is 2. The molecule has 2 amide bonds. The molecule has 0 N–H and O–H groups in total. The minimum atomic E-state index is 0.128. The average Bonchev–Trinajstić information content (AvgIpc) is 2.55. The van der Waals surface area contributed by atoms with Crippen LogP contribution in [-0.4, -0.2) is 101 Å². The summed E-state index contributed by atoms with van der Waals surface area (Å²) < 4.78 is 0. The molecule has 2 aliphatic rings. The molecule has 132 valence electrons. The van der Waals surface area contributed by atoms with Gasteiger partial charge in [-0.15, -0.1) is 11.8 Å². The number of thioether (sulfide) groups is 1.